The zero-order chi connectivity index (χ0) is 12.8. The molecular formula is C15H13BrN2. The summed E-state index contributed by atoms with van der Waals surface area (Å²) in [4.78, 5) is 0. The van der Waals surface area contributed by atoms with Crippen molar-refractivity contribution in [2.45, 2.75) is 6.42 Å². The molecule has 0 spiro atoms. The van der Waals surface area contributed by atoms with Crippen LogP contribution in [0.4, 0.5) is 5.69 Å². The second-order valence-electron chi connectivity index (χ2n) is 3.97. The van der Waals surface area contributed by atoms with Gasteiger partial charge in [-0.25, -0.2) is 0 Å². The summed E-state index contributed by atoms with van der Waals surface area (Å²) in [6, 6.07) is 18.2. The summed E-state index contributed by atoms with van der Waals surface area (Å²) < 4.78 is 0.828. The van der Waals surface area contributed by atoms with Crippen molar-refractivity contribution in [3.05, 3.63) is 64.1 Å². The number of rotatable bonds is 4. The highest BCUT2D eigenvalue weighted by Gasteiger charge is 2.00. The lowest BCUT2D eigenvalue weighted by molar-refractivity contribution is 1.02. The van der Waals surface area contributed by atoms with Gasteiger partial charge in [-0.3, -0.25) is 0 Å². The summed E-state index contributed by atoms with van der Waals surface area (Å²) in [6.07, 6.45) is 0.985. The first-order valence-corrected chi connectivity index (χ1v) is 6.56. The van der Waals surface area contributed by atoms with Gasteiger partial charge in [0.25, 0.3) is 0 Å². The molecule has 2 rings (SSSR count). The molecule has 0 aromatic heterocycles. The predicted molar refractivity (Wildman–Crippen MR) is 77.5 cm³/mol. The topological polar surface area (TPSA) is 35.8 Å². The van der Waals surface area contributed by atoms with E-state index in [2.05, 4.69) is 39.4 Å². The molecule has 0 unspecified atom stereocenters. The minimum atomic E-state index is 0.656. The molecule has 0 saturated heterocycles. The van der Waals surface area contributed by atoms with E-state index in [4.69, 9.17) is 5.26 Å². The lowest BCUT2D eigenvalue weighted by Gasteiger charge is -2.07. The molecule has 0 aliphatic heterocycles. The lowest BCUT2D eigenvalue weighted by atomic mass is 10.1. The quantitative estimate of drug-likeness (QED) is 0.927. The Kier molecular flexibility index (Phi) is 4.38. The molecule has 2 aromatic carbocycles. The summed E-state index contributed by atoms with van der Waals surface area (Å²) >= 11 is 3.38. The fourth-order valence-electron chi connectivity index (χ4n) is 1.71. The largest absolute Gasteiger partial charge is 0.385 e. The second kappa shape index (κ2) is 6.23. The summed E-state index contributed by atoms with van der Waals surface area (Å²) in [5, 5.41) is 12.2. The zero-order valence-electron chi connectivity index (χ0n) is 9.86. The highest BCUT2D eigenvalue weighted by Crippen LogP contribution is 2.20. The number of nitrogens with zero attached hydrogens (tertiary/aromatic N) is 1. The van der Waals surface area contributed by atoms with Crippen LogP contribution in [0.1, 0.15) is 11.1 Å². The van der Waals surface area contributed by atoms with Crippen molar-refractivity contribution in [1.82, 2.24) is 0 Å². The van der Waals surface area contributed by atoms with E-state index < -0.39 is 0 Å². The van der Waals surface area contributed by atoms with Gasteiger partial charge in [-0.1, -0.05) is 30.3 Å². The number of anilines is 1. The lowest BCUT2D eigenvalue weighted by Crippen LogP contribution is -2.04. The first-order valence-electron chi connectivity index (χ1n) is 5.77. The fraction of sp³-hybridized carbons (Fsp3) is 0.133. The van der Waals surface area contributed by atoms with E-state index in [1.807, 2.05) is 36.4 Å². The number of halogens is 1. The van der Waals surface area contributed by atoms with Crippen LogP contribution in [0.25, 0.3) is 0 Å². The zero-order valence-corrected chi connectivity index (χ0v) is 11.4. The van der Waals surface area contributed by atoms with Gasteiger partial charge < -0.3 is 5.32 Å². The Morgan fingerprint density at radius 1 is 1.11 bits per heavy atom. The Hall–Kier alpha value is -1.79. The third kappa shape index (κ3) is 3.35. The van der Waals surface area contributed by atoms with Gasteiger partial charge in [-0.15, -0.1) is 0 Å². The van der Waals surface area contributed by atoms with Crippen LogP contribution in [-0.2, 0) is 6.42 Å². The van der Waals surface area contributed by atoms with E-state index in [-0.39, 0.29) is 0 Å². The summed E-state index contributed by atoms with van der Waals surface area (Å²) in [6.45, 7) is 0.877. The summed E-state index contributed by atoms with van der Waals surface area (Å²) in [7, 11) is 0. The minimum absolute atomic E-state index is 0.656. The highest BCUT2D eigenvalue weighted by molar-refractivity contribution is 9.10. The maximum absolute atomic E-state index is 8.83. The van der Waals surface area contributed by atoms with Gasteiger partial charge in [0.1, 0.15) is 6.07 Å². The van der Waals surface area contributed by atoms with Gasteiger partial charge in [-0.2, -0.15) is 5.26 Å². The second-order valence-corrected chi connectivity index (χ2v) is 4.82. The summed E-state index contributed by atoms with van der Waals surface area (Å²) in [5.74, 6) is 0. The Balaban J connectivity index is 1.91. The number of benzene rings is 2. The highest BCUT2D eigenvalue weighted by atomic mass is 79.9. The van der Waals surface area contributed by atoms with Crippen LogP contribution in [0.3, 0.4) is 0 Å². The van der Waals surface area contributed by atoms with Crippen LogP contribution in [0.5, 0.6) is 0 Å². The van der Waals surface area contributed by atoms with E-state index in [1.165, 1.54) is 5.56 Å². The average molecular weight is 301 g/mol. The molecule has 0 radical (unpaired) electrons. The molecule has 2 aromatic rings. The maximum atomic E-state index is 8.83. The molecule has 0 heterocycles. The first-order chi connectivity index (χ1) is 8.79. The van der Waals surface area contributed by atoms with E-state index in [0.717, 1.165) is 23.1 Å². The maximum Gasteiger partial charge on any atom is 0.100 e. The van der Waals surface area contributed by atoms with Crippen molar-refractivity contribution in [2.24, 2.45) is 0 Å². The SMILES string of the molecule is N#Cc1ccc(NCCc2ccccc2)cc1Br. The predicted octanol–water partition coefficient (Wildman–Crippen LogP) is 3.98. The fourth-order valence-corrected chi connectivity index (χ4v) is 2.18. The number of nitriles is 1. The Labute approximate surface area is 115 Å². The van der Waals surface area contributed by atoms with E-state index >= 15 is 0 Å². The van der Waals surface area contributed by atoms with Crippen LogP contribution in [0.15, 0.2) is 53.0 Å². The van der Waals surface area contributed by atoms with Crippen LogP contribution < -0.4 is 5.32 Å². The van der Waals surface area contributed by atoms with Gasteiger partial charge in [-0.05, 0) is 46.1 Å². The normalized spacial score (nSPS) is 9.78. The third-order valence-corrected chi connectivity index (χ3v) is 3.33. The van der Waals surface area contributed by atoms with E-state index in [1.54, 1.807) is 0 Å². The number of hydrogen-bond acceptors (Lipinski definition) is 2. The molecule has 1 N–H and O–H groups in total. The smallest absolute Gasteiger partial charge is 0.100 e. The molecule has 0 aliphatic carbocycles. The molecule has 2 nitrogen and oxygen atoms in total. The van der Waals surface area contributed by atoms with Crippen molar-refractivity contribution >= 4 is 21.6 Å². The van der Waals surface area contributed by atoms with Gasteiger partial charge >= 0.3 is 0 Å². The van der Waals surface area contributed by atoms with Crippen LogP contribution in [-0.4, -0.2) is 6.54 Å². The Bertz CT molecular complexity index is 558. The molecule has 0 amide bonds. The van der Waals surface area contributed by atoms with Crippen LogP contribution >= 0.6 is 15.9 Å². The number of hydrogen-bond donors (Lipinski definition) is 1. The molecule has 0 aliphatic rings. The van der Waals surface area contributed by atoms with E-state index in [0.29, 0.717) is 5.56 Å². The molecule has 0 saturated carbocycles. The minimum Gasteiger partial charge on any atom is -0.385 e. The molecule has 18 heavy (non-hydrogen) atoms. The molecule has 90 valence electrons. The van der Waals surface area contributed by atoms with Gasteiger partial charge in [0.05, 0.1) is 5.56 Å². The molecular weight excluding hydrogens is 288 g/mol. The molecule has 3 heteroatoms. The van der Waals surface area contributed by atoms with Crippen molar-refractivity contribution in [3.63, 3.8) is 0 Å². The molecule has 0 atom stereocenters. The first kappa shape index (κ1) is 12.7. The van der Waals surface area contributed by atoms with Crippen molar-refractivity contribution in [2.75, 3.05) is 11.9 Å². The third-order valence-electron chi connectivity index (χ3n) is 2.68. The standard InChI is InChI=1S/C15H13BrN2/c16-15-10-14(7-6-13(15)11-17)18-9-8-12-4-2-1-3-5-12/h1-7,10,18H,8-9H2. The van der Waals surface area contributed by atoms with Crippen molar-refractivity contribution in [1.29, 1.82) is 5.26 Å². The van der Waals surface area contributed by atoms with Gasteiger partial charge in [0.15, 0.2) is 0 Å². The number of nitrogens with one attached hydrogen (secondary N) is 1. The van der Waals surface area contributed by atoms with Gasteiger partial charge in [0, 0.05) is 16.7 Å². The van der Waals surface area contributed by atoms with Gasteiger partial charge in [0.2, 0.25) is 0 Å². The monoisotopic (exact) mass is 300 g/mol. The Morgan fingerprint density at radius 2 is 1.89 bits per heavy atom. The van der Waals surface area contributed by atoms with Crippen molar-refractivity contribution in [3.8, 4) is 6.07 Å². The summed E-state index contributed by atoms with van der Waals surface area (Å²) in [5.41, 5.74) is 3.00. The van der Waals surface area contributed by atoms with Crippen LogP contribution in [0.2, 0.25) is 0 Å². The van der Waals surface area contributed by atoms with Crippen LogP contribution in [0, 0.1) is 11.3 Å². The molecule has 0 bridgehead atoms. The average Bonchev–Trinajstić information content (AvgIpc) is 2.40. The van der Waals surface area contributed by atoms with E-state index in [9.17, 15) is 0 Å². The van der Waals surface area contributed by atoms with Crippen molar-refractivity contribution < 1.29 is 0 Å². The Morgan fingerprint density at radius 3 is 2.56 bits per heavy atom. The molecule has 0 fully saturated rings.